The van der Waals surface area contributed by atoms with E-state index in [0.717, 1.165) is 23.2 Å². The summed E-state index contributed by atoms with van der Waals surface area (Å²) in [6, 6.07) is 15.3. The van der Waals surface area contributed by atoms with Crippen LogP contribution in [0.5, 0.6) is 5.88 Å². The summed E-state index contributed by atoms with van der Waals surface area (Å²) in [6.45, 7) is 0.815. The number of carboxylic acids is 1. The summed E-state index contributed by atoms with van der Waals surface area (Å²) in [7, 11) is 1.53. The molecule has 2 N–H and O–H groups in total. The molecule has 1 aliphatic rings. The zero-order valence-corrected chi connectivity index (χ0v) is 20.7. The van der Waals surface area contributed by atoms with Gasteiger partial charge in [0.15, 0.2) is 5.82 Å². The molecule has 1 fully saturated rings. The first-order chi connectivity index (χ1) is 18.7. The number of methoxy groups -OCH3 is 1. The van der Waals surface area contributed by atoms with Crippen LogP contribution in [0.1, 0.15) is 23.3 Å². The molecule has 3 aromatic heterocycles. The lowest BCUT2D eigenvalue weighted by Gasteiger charge is -2.11. The fourth-order valence-corrected chi connectivity index (χ4v) is 3.64. The minimum absolute atomic E-state index is 0.204. The topological polar surface area (TPSA) is 119 Å². The van der Waals surface area contributed by atoms with Crippen molar-refractivity contribution >= 4 is 17.6 Å². The standard InChI is InChI=1S/C25H23N5O2.C2HF3O2/c1-32-25-21(8-5-11-26-25)29-24(31)22-12-19(16-30(22)15-17-9-10-17)20-13-27-23(28-14-20)18-6-3-2-4-7-18;3-2(4,5)1(6)7/h2-8,11-14,16-17H,9-10,15H2,1H3,(H,29,31);(H,6,7). The van der Waals surface area contributed by atoms with Crippen LogP contribution in [0.3, 0.4) is 0 Å². The van der Waals surface area contributed by atoms with Gasteiger partial charge in [-0.1, -0.05) is 30.3 Å². The molecule has 9 nitrogen and oxygen atoms in total. The van der Waals surface area contributed by atoms with Crippen LogP contribution in [-0.2, 0) is 11.3 Å². The summed E-state index contributed by atoms with van der Waals surface area (Å²) in [5.41, 5.74) is 3.87. The number of hydrogen-bond donors (Lipinski definition) is 2. The molecule has 202 valence electrons. The number of ether oxygens (including phenoxy) is 1. The Morgan fingerprint density at radius 1 is 1.03 bits per heavy atom. The van der Waals surface area contributed by atoms with Gasteiger partial charge in [0, 0.05) is 48.0 Å². The minimum Gasteiger partial charge on any atom is -0.480 e. The second kappa shape index (κ2) is 11.8. The number of anilines is 1. The van der Waals surface area contributed by atoms with Gasteiger partial charge in [0.2, 0.25) is 5.88 Å². The third-order valence-corrected chi connectivity index (χ3v) is 5.75. The van der Waals surface area contributed by atoms with Crippen molar-refractivity contribution < 1.29 is 32.6 Å². The minimum atomic E-state index is -5.08. The summed E-state index contributed by atoms with van der Waals surface area (Å²) < 4.78 is 39.0. The van der Waals surface area contributed by atoms with Crippen LogP contribution in [0.2, 0.25) is 0 Å². The molecule has 0 spiro atoms. The van der Waals surface area contributed by atoms with Crippen LogP contribution in [0, 0.1) is 5.92 Å². The van der Waals surface area contributed by atoms with Crippen molar-refractivity contribution in [1.82, 2.24) is 19.5 Å². The van der Waals surface area contributed by atoms with Crippen LogP contribution >= 0.6 is 0 Å². The number of hydrogen-bond acceptors (Lipinski definition) is 6. The van der Waals surface area contributed by atoms with Gasteiger partial charge in [0.1, 0.15) is 11.4 Å². The van der Waals surface area contributed by atoms with Gasteiger partial charge in [-0.15, -0.1) is 0 Å². The summed E-state index contributed by atoms with van der Waals surface area (Å²) >= 11 is 0. The fraction of sp³-hybridized carbons (Fsp3) is 0.222. The molecule has 4 aromatic rings. The molecule has 5 rings (SSSR count). The van der Waals surface area contributed by atoms with E-state index >= 15 is 0 Å². The zero-order valence-electron chi connectivity index (χ0n) is 20.7. The molecule has 0 atom stereocenters. The first-order valence-electron chi connectivity index (χ1n) is 11.8. The molecule has 1 aliphatic carbocycles. The lowest BCUT2D eigenvalue weighted by molar-refractivity contribution is -0.192. The Labute approximate surface area is 221 Å². The lowest BCUT2D eigenvalue weighted by Crippen LogP contribution is -2.21. The van der Waals surface area contributed by atoms with E-state index in [4.69, 9.17) is 14.6 Å². The third-order valence-electron chi connectivity index (χ3n) is 5.75. The van der Waals surface area contributed by atoms with E-state index < -0.39 is 12.1 Å². The number of aliphatic carboxylic acids is 1. The highest BCUT2D eigenvalue weighted by atomic mass is 19.4. The van der Waals surface area contributed by atoms with Crippen LogP contribution < -0.4 is 10.1 Å². The normalized spacial score (nSPS) is 12.7. The van der Waals surface area contributed by atoms with Crippen LogP contribution in [0.25, 0.3) is 22.5 Å². The van der Waals surface area contributed by atoms with E-state index in [-0.39, 0.29) is 5.91 Å². The van der Waals surface area contributed by atoms with Crippen molar-refractivity contribution in [3.63, 3.8) is 0 Å². The summed E-state index contributed by atoms with van der Waals surface area (Å²) in [5, 5.41) is 10.1. The molecular weight excluding hydrogens is 515 g/mol. The highest BCUT2D eigenvalue weighted by Gasteiger charge is 2.38. The molecule has 0 radical (unpaired) electrons. The molecule has 0 unspecified atom stereocenters. The predicted molar refractivity (Wildman–Crippen MR) is 136 cm³/mol. The Hall–Kier alpha value is -4.74. The molecule has 0 saturated heterocycles. The number of pyridine rings is 1. The van der Waals surface area contributed by atoms with Crippen molar-refractivity contribution in [3.8, 4) is 28.4 Å². The van der Waals surface area contributed by atoms with Gasteiger partial charge in [-0.3, -0.25) is 4.79 Å². The Bertz CT molecular complexity index is 1440. The SMILES string of the molecule is COc1ncccc1NC(=O)c1cc(-c2cnc(-c3ccccc3)nc2)cn1CC1CC1.O=C(O)C(F)(F)F. The van der Waals surface area contributed by atoms with Gasteiger partial charge in [-0.25, -0.2) is 19.7 Å². The summed E-state index contributed by atoms with van der Waals surface area (Å²) in [4.78, 5) is 35.2. The first kappa shape index (κ1) is 27.3. The van der Waals surface area contributed by atoms with Crippen molar-refractivity contribution in [2.75, 3.05) is 12.4 Å². The average Bonchev–Trinajstić information content (AvgIpc) is 3.65. The van der Waals surface area contributed by atoms with E-state index in [1.165, 1.54) is 20.0 Å². The summed E-state index contributed by atoms with van der Waals surface area (Å²) in [6.07, 6.45) is 4.55. The first-order valence-corrected chi connectivity index (χ1v) is 11.8. The molecule has 3 heterocycles. The quantitative estimate of drug-likeness (QED) is 0.327. The van der Waals surface area contributed by atoms with E-state index in [1.54, 1.807) is 30.7 Å². The van der Waals surface area contributed by atoms with Crippen molar-refractivity contribution in [1.29, 1.82) is 0 Å². The molecule has 39 heavy (non-hydrogen) atoms. The number of aromatic nitrogens is 4. The van der Waals surface area contributed by atoms with E-state index in [9.17, 15) is 18.0 Å². The maximum atomic E-state index is 13.1. The summed E-state index contributed by atoms with van der Waals surface area (Å²) in [5.74, 6) is -1.29. The molecule has 1 aromatic carbocycles. The number of halogens is 3. The Balaban J connectivity index is 0.000000448. The molecular formula is C27H24F3N5O4. The lowest BCUT2D eigenvalue weighted by atomic mass is 10.1. The van der Waals surface area contributed by atoms with Crippen molar-refractivity contribution in [3.05, 3.63) is 79.0 Å². The number of nitrogens with zero attached hydrogens (tertiary/aromatic N) is 4. The highest BCUT2D eigenvalue weighted by Crippen LogP contribution is 2.33. The second-order valence-corrected chi connectivity index (χ2v) is 8.69. The van der Waals surface area contributed by atoms with Crippen molar-refractivity contribution in [2.24, 2.45) is 5.92 Å². The number of nitrogens with one attached hydrogen (secondary N) is 1. The van der Waals surface area contributed by atoms with E-state index in [0.29, 0.717) is 29.0 Å². The van der Waals surface area contributed by atoms with Crippen molar-refractivity contribution in [2.45, 2.75) is 25.6 Å². The molecule has 1 amide bonds. The number of amides is 1. The van der Waals surface area contributed by atoms with E-state index in [1.807, 2.05) is 47.2 Å². The smallest absolute Gasteiger partial charge is 0.480 e. The number of benzene rings is 1. The third kappa shape index (κ3) is 7.18. The number of alkyl halides is 3. The van der Waals surface area contributed by atoms with E-state index in [2.05, 4.69) is 20.3 Å². The van der Waals surface area contributed by atoms with Gasteiger partial charge in [-0.05, 0) is 37.0 Å². The molecule has 0 aliphatic heterocycles. The van der Waals surface area contributed by atoms with Gasteiger partial charge < -0.3 is 19.7 Å². The number of carboxylic acid groups (broad SMARTS) is 1. The Kier molecular flexibility index (Phi) is 8.23. The van der Waals surface area contributed by atoms with Crippen LogP contribution in [-0.4, -0.2) is 49.8 Å². The maximum Gasteiger partial charge on any atom is 0.490 e. The molecule has 12 heteroatoms. The highest BCUT2D eigenvalue weighted by molar-refractivity contribution is 6.04. The Morgan fingerprint density at radius 2 is 1.69 bits per heavy atom. The fourth-order valence-electron chi connectivity index (χ4n) is 3.64. The predicted octanol–water partition coefficient (Wildman–Crippen LogP) is 5.31. The van der Waals surface area contributed by atoms with Crippen LogP contribution in [0.4, 0.5) is 18.9 Å². The molecule has 0 bridgehead atoms. The van der Waals surface area contributed by atoms with Crippen LogP contribution in [0.15, 0.2) is 73.3 Å². The molecule has 1 saturated carbocycles. The number of carbonyl (C=O) groups is 2. The Morgan fingerprint density at radius 3 is 2.28 bits per heavy atom. The largest absolute Gasteiger partial charge is 0.490 e. The zero-order chi connectivity index (χ0) is 28.0. The number of rotatable bonds is 7. The van der Waals surface area contributed by atoms with Gasteiger partial charge in [-0.2, -0.15) is 13.2 Å². The van der Waals surface area contributed by atoms with Gasteiger partial charge in [0.25, 0.3) is 5.91 Å². The maximum absolute atomic E-state index is 13.1. The van der Waals surface area contributed by atoms with Gasteiger partial charge >= 0.3 is 12.1 Å². The van der Waals surface area contributed by atoms with Gasteiger partial charge in [0.05, 0.1) is 7.11 Å². The second-order valence-electron chi connectivity index (χ2n) is 8.69. The average molecular weight is 540 g/mol. The number of carbonyl (C=O) groups excluding carboxylic acids is 1. The monoisotopic (exact) mass is 539 g/mol.